The summed E-state index contributed by atoms with van der Waals surface area (Å²) in [6.07, 6.45) is 4.64. The molecule has 1 aromatic heterocycles. The molecular formula is C12H13ClN2O. The average Bonchev–Trinajstić information content (AvgIpc) is 2.82. The molecule has 84 valence electrons. The number of hydrogen-bond donors (Lipinski definition) is 1. The molecule has 0 amide bonds. The fraction of sp³-hybridized carbons (Fsp3) is 0.250. The topological polar surface area (TPSA) is 37.9 Å². The number of benzene rings is 1. The summed E-state index contributed by atoms with van der Waals surface area (Å²) in [6.45, 7) is 0.778. The van der Waals surface area contributed by atoms with Crippen molar-refractivity contribution in [2.24, 2.45) is 0 Å². The van der Waals surface area contributed by atoms with Crippen molar-refractivity contribution in [1.82, 2.24) is 9.97 Å². The van der Waals surface area contributed by atoms with Crippen LogP contribution in [0.4, 0.5) is 0 Å². The minimum Gasteiger partial charge on any atom is -0.493 e. The van der Waals surface area contributed by atoms with Gasteiger partial charge < -0.3 is 9.72 Å². The van der Waals surface area contributed by atoms with Crippen molar-refractivity contribution in [3.63, 3.8) is 0 Å². The molecule has 1 atom stereocenters. The van der Waals surface area contributed by atoms with Gasteiger partial charge in [0.2, 0.25) is 0 Å². The standard InChI is InChI=1S/C12H12N2O.ClH/c1-2-4-12-10(3-1)9(5-6-15-12)11-7-13-8-14-11;/h1-4,7-9H,5-6H2,(H,13,14);1H. The number of aromatic nitrogens is 2. The number of hydrogen-bond acceptors (Lipinski definition) is 2. The fourth-order valence-electron chi connectivity index (χ4n) is 2.12. The second-order valence-corrected chi connectivity index (χ2v) is 3.73. The number of nitrogens with zero attached hydrogens (tertiary/aromatic N) is 1. The van der Waals surface area contributed by atoms with Crippen molar-refractivity contribution in [2.75, 3.05) is 6.61 Å². The van der Waals surface area contributed by atoms with Gasteiger partial charge in [-0.25, -0.2) is 4.98 Å². The van der Waals surface area contributed by atoms with Crippen LogP contribution in [0.15, 0.2) is 36.8 Å². The Labute approximate surface area is 100 Å². The zero-order valence-electron chi connectivity index (χ0n) is 8.72. The van der Waals surface area contributed by atoms with Gasteiger partial charge in [0.25, 0.3) is 0 Å². The SMILES string of the molecule is Cl.c1ccc2c(c1)OCCC2c1cnc[nH]1. The normalized spacial score (nSPS) is 18.1. The Morgan fingerprint density at radius 3 is 3.00 bits per heavy atom. The minimum atomic E-state index is 0. The number of rotatable bonds is 1. The Morgan fingerprint density at radius 2 is 2.19 bits per heavy atom. The highest BCUT2D eigenvalue weighted by Gasteiger charge is 2.23. The van der Waals surface area contributed by atoms with Crippen molar-refractivity contribution in [3.8, 4) is 5.75 Å². The minimum absolute atomic E-state index is 0. The van der Waals surface area contributed by atoms with Crippen LogP contribution in [0.3, 0.4) is 0 Å². The van der Waals surface area contributed by atoms with Gasteiger partial charge in [0.1, 0.15) is 5.75 Å². The van der Waals surface area contributed by atoms with Gasteiger partial charge in [0.15, 0.2) is 0 Å². The number of halogens is 1. The van der Waals surface area contributed by atoms with Gasteiger partial charge in [0, 0.05) is 23.4 Å². The highest BCUT2D eigenvalue weighted by atomic mass is 35.5. The molecule has 0 radical (unpaired) electrons. The van der Waals surface area contributed by atoms with Crippen LogP contribution in [0.25, 0.3) is 0 Å². The zero-order chi connectivity index (χ0) is 10.1. The number of H-pyrrole nitrogens is 1. The molecule has 3 rings (SSSR count). The van der Waals surface area contributed by atoms with E-state index in [9.17, 15) is 0 Å². The number of nitrogens with one attached hydrogen (secondary N) is 1. The van der Waals surface area contributed by atoms with E-state index in [1.54, 1.807) is 6.33 Å². The van der Waals surface area contributed by atoms with Crippen LogP contribution in [-0.2, 0) is 0 Å². The predicted octanol–water partition coefficient (Wildman–Crippen LogP) is 2.75. The molecule has 1 N–H and O–H groups in total. The quantitative estimate of drug-likeness (QED) is 0.827. The van der Waals surface area contributed by atoms with Crippen LogP contribution >= 0.6 is 12.4 Å². The van der Waals surface area contributed by atoms with Gasteiger partial charge in [-0.05, 0) is 12.5 Å². The number of imidazole rings is 1. The van der Waals surface area contributed by atoms with E-state index >= 15 is 0 Å². The average molecular weight is 237 g/mol. The molecule has 0 saturated carbocycles. The summed E-state index contributed by atoms with van der Waals surface area (Å²) in [5, 5.41) is 0. The fourth-order valence-corrected chi connectivity index (χ4v) is 2.12. The van der Waals surface area contributed by atoms with E-state index in [2.05, 4.69) is 22.1 Å². The van der Waals surface area contributed by atoms with Gasteiger partial charge >= 0.3 is 0 Å². The zero-order valence-corrected chi connectivity index (χ0v) is 9.54. The third-order valence-corrected chi connectivity index (χ3v) is 2.85. The van der Waals surface area contributed by atoms with Crippen molar-refractivity contribution in [1.29, 1.82) is 0 Å². The van der Waals surface area contributed by atoms with Crippen molar-refractivity contribution in [3.05, 3.63) is 48.0 Å². The third-order valence-electron chi connectivity index (χ3n) is 2.85. The van der Waals surface area contributed by atoms with E-state index in [0.29, 0.717) is 5.92 Å². The van der Waals surface area contributed by atoms with Crippen molar-refractivity contribution >= 4 is 12.4 Å². The Hall–Kier alpha value is -1.48. The molecule has 16 heavy (non-hydrogen) atoms. The first-order chi connectivity index (χ1) is 7.45. The van der Waals surface area contributed by atoms with Crippen LogP contribution in [0.2, 0.25) is 0 Å². The number of para-hydroxylation sites is 1. The van der Waals surface area contributed by atoms with E-state index in [0.717, 1.165) is 18.8 Å². The first kappa shape index (κ1) is 11.0. The van der Waals surface area contributed by atoms with E-state index in [1.165, 1.54) is 11.3 Å². The smallest absolute Gasteiger partial charge is 0.123 e. The molecular weight excluding hydrogens is 224 g/mol. The van der Waals surface area contributed by atoms with E-state index < -0.39 is 0 Å². The maximum Gasteiger partial charge on any atom is 0.123 e. The number of aromatic amines is 1. The summed E-state index contributed by atoms with van der Waals surface area (Å²) in [4.78, 5) is 7.26. The Balaban J connectivity index is 0.000000963. The maximum absolute atomic E-state index is 5.62. The summed E-state index contributed by atoms with van der Waals surface area (Å²) in [5.41, 5.74) is 2.43. The van der Waals surface area contributed by atoms with Crippen LogP contribution in [0.5, 0.6) is 5.75 Å². The molecule has 0 fully saturated rings. The van der Waals surface area contributed by atoms with Crippen molar-refractivity contribution < 1.29 is 4.74 Å². The van der Waals surface area contributed by atoms with Gasteiger partial charge in [-0.15, -0.1) is 12.4 Å². The van der Waals surface area contributed by atoms with Crippen LogP contribution < -0.4 is 4.74 Å². The monoisotopic (exact) mass is 236 g/mol. The predicted molar refractivity (Wildman–Crippen MR) is 64.2 cm³/mol. The molecule has 0 saturated heterocycles. The molecule has 3 nitrogen and oxygen atoms in total. The first-order valence-electron chi connectivity index (χ1n) is 5.15. The van der Waals surface area contributed by atoms with Crippen LogP contribution in [0, 0.1) is 0 Å². The van der Waals surface area contributed by atoms with Gasteiger partial charge in [-0.3, -0.25) is 0 Å². The summed E-state index contributed by atoms with van der Waals surface area (Å²) in [7, 11) is 0. The number of fused-ring (bicyclic) bond motifs is 1. The molecule has 0 aliphatic carbocycles. The summed E-state index contributed by atoms with van der Waals surface area (Å²) >= 11 is 0. The molecule has 2 aromatic rings. The van der Waals surface area contributed by atoms with Crippen LogP contribution in [0.1, 0.15) is 23.6 Å². The Morgan fingerprint density at radius 1 is 1.31 bits per heavy atom. The lowest BCUT2D eigenvalue weighted by Crippen LogP contribution is -2.15. The molecule has 2 heterocycles. The maximum atomic E-state index is 5.62. The molecule has 1 aliphatic heterocycles. The number of ether oxygens (including phenoxy) is 1. The third kappa shape index (κ3) is 1.78. The molecule has 1 aromatic carbocycles. The van der Waals surface area contributed by atoms with E-state index in [4.69, 9.17) is 4.74 Å². The lowest BCUT2D eigenvalue weighted by molar-refractivity contribution is 0.276. The van der Waals surface area contributed by atoms with Gasteiger partial charge in [-0.1, -0.05) is 18.2 Å². The Kier molecular flexibility index (Phi) is 3.15. The molecule has 1 aliphatic rings. The lowest BCUT2D eigenvalue weighted by atomic mass is 9.91. The Bertz CT molecular complexity index is 456. The lowest BCUT2D eigenvalue weighted by Gasteiger charge is -2.24. The summed E-state index contributed by atoms with van der Waals surface area (Å²) < 4.78 is 5.62. The second kappa shape index (κ2) is 4.58. The highest BCUT2D eigenvalue weighted by molar-refractivity contribution is 5.85. The molecule has 1 unspecified atom stereocenters. The molecule has 0 spiro atoms. The van der Waals surface area contributed by atoms with Crippen LogP contribution in [-0.4, -0.2) is 16.6 Å². The van der Waals surface area contributed by atoms with Gasteiger partial charge in [0.05, 0.1) is 12.9 Å². The highest BCUT2D eigenvalue weighted by Crippen LogP contribution is 2.36. The molecule has 0 bridgehead atoms. The van der Waals surface area contributed by atoms with E-state index in [1.807, 2.05) is 18.3 Å². The largest absolute Gasteiger partial charge is 0.493 e. The summed E-state index contributed by atoms with van der Waals surface area (Å²) in [5.74, 6) is 1.40. The first-order valence-corrected chi connectivity index (χ1v) is 5.15. The van der Waals surface area contributed by atoms with Crippen molar-refractivity contribution in [2.45, 2.75) is 12.3 Å². The molecule has 4 heteroatoms. The van der Waals surface area contributed by atoms with E-state index in [-0.39, 0.29) is 12.4 Å². The summed E-state index contributed by atoms with van der Waals surface area (Å²) in [6, 6.07) is 8.21. The van der Waals surface area contributed by atoms with Gasteiger partial charge in [-0.2, -0.15) is 0 Å². The second-order valence-electron chi connectivity index (χ2n) is 3.73.